The zero-order valence-corrected chi connectivity index (χ0v) is 8.99. The van der Waals surface area contributed by atoms with E-state index in [1.165, 1.54) is 5.56 Å². The summed E-state index contributed by atoms with van der Waals surface area (Å²) < 4.78 is 5.28. The number of nitrogens with two attached hydrogens (primary N) is 1. The first-order chi connectivity index (χ1) is 6.77. The Morgan fingerprint density at radius 3 is 2.71 bits per heavy atom. The van der Waals surface area contributed by atoms with Gasteiger partial charge in [-0.2, -0.15) is 0 Å². The van der Waals surface area contributed by atoms with E-state index in [0.717, 1.165) is 25.1 Å². The molecule has 14 heavy (non-hydrogen) atoms. The van der Waals surface area contributed by atoms with E-state index >= 15 is 0 Å². The van der Waals surface area contributed by atoms with Crippen LogP contribution in [-0.4, -0.2) is 13.7 Å². The molecule has 0 amide bonds. The van der Waals surface area contributed by atoms with Crippen LogP contribution in [0.5, 0.6) is 5.75 Å². The standard InChI is InChI=1S/C12H19NO/c1-10(9-13)7-8-11-5-3-4-6-12(11)14-2/h3-6,10H,7-9,13H2,1-2H3/t10-/m1/s1. The second-order valence-electron chi connectivity index (χ2n) is 3.69. The van der Waals surface area contributed by atoms with Crippen LogP contribution in [-0.2, 0) is 6.42 Å². The molecular weight excluding hydrogens is 174 g/mol. The van der Waals surface area contributed by atoms with Crippen molar-refractivity contribution in [2.75, 3.05) is 13.7 Å². The summed E-state index contributed by atoms with van der Waals surface area (Å²) in [6.07, 6.45) is 2.17. The van der Waals surface area contributed by atoms with Crippen LogP contribution in [0.25, 0.3) is 0 Å². The summed E-state index contributed by atoms with van der Waals surface area (Å²) in [7, 11) is 1.71. The summed E-state index contributed by atoms with van der Waals surface area (Å²) >= 11 is 0. The normalized spacial score (nSPS) is 12.5. The first-order valence-corrected chi connectivity index (χ1v) is 5.10. The van der Waals surface area contributed by atoms with E-state index < -0.39 is 0 Å². The molecule has 78 valence electrons. The van der Waals surface area contributed by atoms with Crippen LogP contribution in [0.1, 0.15) is 18.9 Å². The molecular formula is C12H19NO. The van der Waals surface area contributed by atoms with E-state index in [4.69, 9.17) is 10.5 Å². The summed E-state index contributed by atoms with van der Waals surface area (Å²) in [4.78, 5) is 0. The van der Waals surface area contributed by atoms with Gasteiger partial charge >= 0.3 is 0 Å². The number of hydrogen-bond acceptors (Lipinski definition) is 2. The molecule has 0 aliphatic heterocycles. The van der Waals surface area contributed by atoms with E-state index in [0.29, 0.717) is 5.92 Å². The van der Waals surface area contributed by atoms with Crippen LogP contribution in [0.3, 0.4) is 0 Å². The molecule has 0 fully saturated rings. The molecule has 0 spiro atoms. The summed E-state index contributed by atoms with van der Waals surface area (Å²) in [5.74, 6) is 1.57. The number of methoxy groups -OCH3 is 1. The Balaban J connectivity index is 2.57. The average Bonchev–Trinajstić information content (AvgIpc) is 2.26. The molecule has 1 atom stereocenters. The van der Waals surface area contributed by atoms with Crippen LogP contribution in [0, 0.1) is 5.92 Å². The van der Waals surface area contributed by atoms with Crippen LogP contribution >= 0.6 is 0 Å². The van der Waals surface area contributed by atoms with Crippen molar-refractivity contribution in [3.05, 3.63) is 29.8 Å². The van der Waals surface area contributed by atoms with Crippen molar-refractivity contribution in [1.82, 2.24) is 0 Å². The fourth-order valence-corrected chi connectivity index (χ4v) is 1.43. The van der Waals surface area contributed by atoms with Gasteiger partial charge in [0.1, 0.15) is 5.75 Å². The number of hydrogen-bond donors (Lipinski definition) is 1. The maximum atomic E-state index is 5.58. The lowest BCUT2D eigenvalue weighted by Gasteiger charge is -2.10. The zero-order chi connectivity index (χ0) is 10.4. The van der Waals surface area contributed by atoms with Gasteiger partial charge in [-0.25, -0.2) is 0 Å². The minimum atomic E-state index is 0.583. The number of aryl methyl sites for hydroxylation is 1. The molecule has 0 aliphatic rings. The lowest BCUT2D eigenvalue weighted by molar-refractivity contribution is 0.407. The molecule has 2 nitrogen and oxygen atoms in total. The Morgan fingerprint density at radius 2 is 2.07 bits per heavy atom. The van der Waals surface area contributed by atoms with Gasteiger partial charge in [-0.3, -0.25) is 0 Å². The zero-order valence-electron chi connectivity index (χ0n) is 8.99. The van der Waals surface area contributed by atoms with Gasteiger partial charge in [0, 0.05) is 0 Å². The van der Waals surface area contributed by atoms with E-state index in [1.54, 1.807) is 7.11 Å². The molecule has 0 heterocycles. The molecule has 0 bridgehead atoms. The monoisotopic (exact) mass is 193 g/mol. The van der Waals surface area contributed by atoms with Gasteiger partial charge in [-0.1, -0.05) is 25.1 Å². The number of ether oxygens (including phenoxy) is 1. The predicted molar refractivity (Wildman–Crippen MR) is 59.5 cm³/mol. The quantitative estimate of drug-likeness (QED) is 0.778. The summed E-state index contributed by atoms with van der Waals surface area (Å²) in [5.41, 5.74) is 6.85. The largest absolute Gasteiger partial charge is 0.496 e. The van der Waals surface area contributed by atoms with Crippen molar-refractivity contribution in [3.63, 3.8) is 0 Å². The minimum absolute atomic E-state index is 0.583. The van der Waals surface area contributed by atoms with Gasteiger partial charge in [0.15, 0.2) is 0 Å². The van der Waals surface area contributed by atoms with Crippen molar-refractivity contribution in [2.24, 2.45) is 11.7 Å². The van der Waals surface area contributed by atoms with Crippen molar-refractivity contribution < 1.29 is 4.74 Å². The fourth-order valence-electron chi connectivity index (χ4n) is 1.43. The summed E-state index contributed by atoms with van der Waals surface area (Å²) in [6, 6.07) is 8.16. The third-order valence-electron chi connectivity index (χ3n) is 2.50. The maximum absolute atomic E-state index is 5.58. The van der Waals surface area contributed by atoms with Gasteiger partial charge in [0.05, 0.1) is 7.11 Å². The third-order valence-corrected chi connectivity index (χ3v) is 2.50. The Bertz CT molecular complexity index is 273. The Morgan fingerprint density at radius 1 is 1.36 bits per heavy atom. The van der Waals surface area contributed by atoms with Gasteiger partial charge in [0.25, 0.3) is 0 Å². The van der Waals surface area contributed by atoms with Crippen LogP contribution in [0.15, 0.2) is 24.3 Å². The second-order valence-corrected chi connectivity index (χ2v) is 3.69. The van der Waals surface area contributed by atoms with Crippen LogP contribution < -0.4 is 10.5 Å². The molecule has 1 rings (SSSR count). The third kappa shape index (κ3) is 3.04. The Labute approximate surface area is 86.1 Å². The first-order valence-electron chi connectivity index (χ1n) is 5.10. The highest BCUT2D eigenvalue weighted by Gasteiger charge is 2.04. The summed E-state index contributed by atoms with van der Waals surface area (Å²) in [5, 5.41) is 0. The highest BCUT2D eigenvalue weighted by atomic mass is 16.5. The highest BCUT2D eigenvalue weighted by Crippen LogP contribution is 2.20. The van der Waals surface area contributed by atoms with E-state index in [2.05, 4.69) is 13.0 Å². The molecule has 0 aromatic heterocycles. The lowest BCUT2D eigenvalue weighted by atomic mass is 10.0. The first kappa shape index (κ1) is 11.1. The molecule has 1 aromatic rings. The molecule has 2 N–H and O–H groups in total. The molecule has 1 aromatic carbocycles. The molecule has 0 aliphatic carbocycles. The second kappa shape index (κ2) is 5.66. The van der Waals surface area contributed by atoms with Gasteiger partial charge in [-0.05, 0) is 36.9 Å². The maximum Gasteiger partial charge on any atom is 0.122 e. The molecule has 0 saturated carbocycles. The molecule has 0 unspecified atom stereocenters. The average molecular weight is 193 g/mol. The van der Waals surface area contributed by atoms with Crippen molar-refractivity contribution in [3.8, 4) is 5.75 Å². The van der Waals surface area contributed by atoms with E-state index in [-0.39, 0.29) is 0 Å². The van der Waals surface area contributed by atoms with Gasteiger partial charge in [-0.15, -0.1) is 0 Å². The van der Waals surface area contributed by atoms with Crippen molar-refractivity contribution in [2.45, 2.75) is 19.8 Å². The SMILES string of the molecule is COc1ccccc1CC[C@@H](C)CN. The number of rotatable bonds is 5. The van der Waals surface area contributed by atoms with Crippen molar-refractivity contribution >= 4 is 0 Å². The van der Waals surface area contributed by atoms with Crippen molar-refractivity contribution in [1.29, 1.82) is 0 Å². The topological polar surface area (TPSA) is 35.2 Å². The molecule has 2 heteroatoms. The van der Waals surface area contributed by atoms with Crippen LogP contribution in [0.2, 0.25) is 0 Å². The molecule has 0 radical (unpaired) electrons. The predicted octanol–water partition coefficient (Wildman–Crippen LogP) is 2.22. The fraction of sp³-hybridized carbons (Fsp3) is 0.500. The minimum Gasteiger partial charge on any atom is -0.496 e. The number of benzene rings is 1. The Hall–Kier alpha value is -1.02. The lowest BCUT2D eigenvalue weighted by Crippen LogP contribution is -2.11. The smallest absolute Gasteiger partial charge is 0.122 e. The van der Waals surface area contributed by atoms with Gasteiger partial charge in [0.2, 0.25) is 0 Å². The highest BCUT2D eigenvalue weighted by molar-refractivity contribution is 5.33. The Kier molecular flexibility index (Phi) is 4.47. The van der Waals surface area contributed by atoms with Crippen LogP contribution in [0.4, 0.5) is 0 Å². The van der Waals surface area contributed by atoms with Gasteiger partial charge < -0.3 is 10.5 Å². The van der Waals surface area contributed by atoms with E-state index in [9.17, 15) is 0 Å². The van der Waals surface area contributed by atoms with E-state index in [1.807, 2.05) is 18.2 Å². The number of para-hydroxylation sites is 1. The summed E-state index contributed by atoms with van der Waals surface area (Å²) in [6.45, 7) is 2.94. The molecule has 0 saturated heterocycles.